The van der Waals surface area contributed by atoms with E-state index in [9.17, 15) is 4.79 Å². The lowest BCUT2D eigenvalue weighted by molar-refractivity contribution is 0.0734. The lowest BCUT2D eigenvalue weighted by atomic mass is 10.2. The second kappa shape index (κ2) is 6.54. The highest BCUT2D eigenvalue weighted by Gasteiger charge is 2.07. The summed E-state index contributed by atoms with van der Waals surface area (Å²) in [4.78, 5) is 15.7. The van der Waals surface area contributed by atoms with Gasteiger partial charge in [0.25, 0.3) is 0 Å². The van der Waals surface area contributed by atoms with Crippen molar-refractivity contribution in [2.45, 2.75) is 13.3 Å². The summed E-state index contributed by atoms with van der Waals surface area (Å²) in [6.45, 7) is 3.04. The number of nitrogens with zero attached hydrogens (tertiary/aromatic N) is 1. The Morgan fingerprint density at radius 1 is 1.16 bits per heavy atom. The van der Waals surface area contributed by atoms with Crippen LogP contribution in [0.5, 0.6) is 5.75 Å². The molecule has 2 rings (SSSR count). The number of hydrogen-bond acceptors (Lipinski definition) is 4. The normalized spacial score (nSPS) is 9.95. The fourth-order valence-electron chi connectivity index (χ4n) is 1.56. The summed E-state index contributed by atoms with van der Waals surface area (Å²) in [6, 6.07) is 10.6. The molecule has 4 heteroatoms. The average Bonchev–Trinajstić information content (AvgIpc) is 2.47. The molecule has 1 aromatic carbocycles. The van der Waals surface area contributed by atoms with Crippen molar-refractivity contribution in [2.75, 3.05) is 11.9 Å². The zero-order valence-corrected chi connectivity index (χ0v) is 10.8. The minimum Gasteiger partial charge on any atom is -0.423 e. The van der Waals surface area contributed by atoms with Gasteiger partial charge in [-0.3, -0.25) is 4.98 Å². The summed E-state index contributed by atoms with van der Waals surface area (Å²) in [5.41, 5.74) is 1.51. The molecule has 0 spiro atoms. The smallest absolute Gasteiger partial charge is 0.343 e. The lowest BCUT2D eigenvalue weighted by Gasteiger charge is -2.07. The third kappa shape index (κ3) is 3.81. The lowest BCUT2D eigenvalue weighted by Crippen LogP contribution is -2.08. The molecule has 1 N–H and O–H groups in total. The molecule has 0 bridgehead atoms. The Morgan fingerprint density at radius 2 is 1.84 bits per heavy atom. The number of rotatable bonds is 5. The number of benzene rings is 1. The Balaban J connectivity index is 1.98. The predicted octanol–water partition coefficient (Wildman–Crippen LogP) is 3.12. The Hall–Kier alpha value is -2.36. The van der Waals surface area contributed by atoms with E-state index in [4.69, 9.17) is 4.74 Å². The van der Waals surface area contributed by atoms with Gasteiger partial charge in [0.2, 0.25) is 0 Å². The maximum atomic E-state index is 11.8. The summed E-state index contributed by atoms with van der Waals surface area (Å²) in [6.07, 6.45) is 4.20. The Kier molecular flexibility index (Phi) is 4.50. The third-order valence-electron chi connectivity index (χ3n) is 2.56. The summed E-state index contributed by atoms with van der Waals surface area (Å²) in [5.74, 6) is 0.153. The van der Waals surface area contributed by atoms with E-state index in [1.165, 1.54) is 0 Å². The van der Waals surface area contributed by atoms with Crippen molar-refractivity contribution < 1.29 is 9.53 Å². The molecular formula is C15H16N2O2. The van der Waals surface area contributed by atoms with Gasteiger partial charge in [0.1, 0.15) is 5.75 Å². The number of pyridine rings is 1. The Morgan fingerprint density at radius 3 is 2.47 bits per heavy atom. The minimum absolute atomic E-state index is 0.378. The van der Waals surface area contributed by atoms with Gasteiger partial charge in [0.15, 0.2) is 0 Å². The van der Waals surface area contributed by atoms with Crippen LogP contribution in [0.25, 0.3) is 0 Å². The number of hydrogen-bond donors (Lipinski definition) is 1. The Labute approximate surface area is 112 Å². The Bertz CT molecular complexity index is 524. The molecule has 1 aromatic heterocycles. The summed E-state index contributed by atoms with van der Waals surface area (Å²) in [7, 11) is 0. The van der Waals surface area contributed by atoms with Crippen molar-refractivity contribution in [3.05, 3.63) is 54.4 Å². The highest BCUT2D eigenvalue weighted by atomic mass is 16.5. The van der Waals surface area contributed by atoms with E-state index in [1.807, 2.05) is 12.1 Å². The molecule has 0 aliphatic heterocycles. The first-order valence-corrected chi connectivity index (χ1v) is 6.25. The van der Waals surface area contributed by atoms with Gasteiger partial charge in [-0.2, -0.15) is 0 Å². The molecule has 0 aliphatic rings. The number of nitrogens with one attached hydrogen (secondary N) is 1. The first-order chi connectivity index (χ1) is 9.29. The van der Waals surface area contributed by atoms with Gasteiger partial charge in [-0.05, 0) is 42.8 Å². The molecule has 0 amide bonds. The zero-order valence-electron chi connectivity index (χ0n) is 10.8. The van der Waals surface area contributed by atoms with Crippen LogP contribution in [0.2, 0.25) is 0 Å². The van der Waals surface area contributed by atoms with Gasteiger partial charge >= 0.3 is 5.97 Å². The molecule has 0 atom stereocenters. The van der Waals surface area contributed by atoms with Crippen LogP contribution < -0.4 is 10.1 Å². The van der Waals surface area contributed by atoms with Crippen LogP contribution in [0.3, 0.4) is 0 Å². The molecule has 4 nitrogen and oxygen atoms in total. The first kappa shape index (κ1) is 13.1. The van der Waals surface area contributed by atoms with Crippen molar-refractivity contribution in [2.24, 2.45) is 0 Å². The fraction of sp³-hybridized carbons (Fsp3) is 0.200. The monoisotopic (exact) mass is 256 g/mol. The molecule has 0 fully saturated rings. The highest BCUT2D eigenvalue weighted by Crippen LogP contribution is 2.17. The van der Waals surface area contributed by atoms with Gasteiger partial charge < -0.3 is 10.1 Å². The van der Waals surface area contributed by atoms with Gasteiger partial charge in [0, 0.05) is 24.6 Å². The predicted molar refractivity (Wildman–Crippen MR) is 74.4 cm³/mol. The topological polar surface area (TPSA) is 51.2 Å². The molecule has 2 aromatic rings. The fourth-order valence-corrected chi connectivity index (χ4v) is 1.56. The second-order valence-electron chi connectivity index (χ2n) is 4.08. The molecular weight excluding hydrogens is 240 g/mol. The number of ether oxygens (including phenoxy) is 1. The highest BCUT2D eigenvalue weighted by molar-refractivity contribution is 5.90. The van der Waals surface area contributed by atoms with Crippen molar-refractivity contribution in [3.8, 4) is 5.75 Å². The van der Waals surface area contributed by atoms with Gasteiger partial charge in [-0.25, -0.2) is 4.79 Å². The number of carbonyl (C=O) groups is 1. The van der Waals surface area contributed by atoms with E-state index in [2.05, 4.69) is 17.2 Å². The largest absolute Gasteiger partial charge is 0.423 e. The van der Waals surface area contributed by atoms with E-state index in [1.54, 1.807) is 36.7 Å². The molecule has 98 valence electrons. The van der Waals surface area contributed by atoms with Gasteiger partial charge in [-0.15, -0.1) is 0 Å². The maximum Gasteiger partial charge on any atom is 0.343 e. The van der Waals surface area contributed by atoms with Crippen LogP contribution in [0, 0.1) is 0 Å². The van der Waals surface area contributed by atoms with E-state index in [0.29, 0.717) is 11.3 Å². The van der Waals surface area contributed by atoms with E-state index < -0.39 is 0 Å². The van der Waals surface area contributed by atoms with E-state index in [-0.39, 0.29) is 5.97 Å². The summed E-state index contributed by atoms with van der Waals surface area (Å²) < 4.78 is 5.27. The third-order valence-corrected chi connectivity index (χ3v) is 2.56. The minimum atomic E-state index is -0.378. The molecule has 0 saturated heterocycles. The van der Waals surface area contributed by atoms with E-state index >= 15 is 0 Å². The van der Waals surface area contributed by atoms with Crippen LogP contribution in [0.1, 0.15) is 23.7 Å². The second-order valence-corrected chi connectivity index (χ2v) is 4.08. The zero-order chi connectivity index (χ0) is 13.5. The molecule has 0 radical (unpaired) electrons. The molecule has 0 unspecified atom stereocenters. The van der Waals surface area contributed by atoms with Crippen molar-refractivity contribution in [1.29, 1.82) is 0 Å². The first-order valence-electron chi connectivity index (χ1n) is 6.25. The van der Waals surface area contributed by atoms with E-state index in [0.717, 1.165) is 18.7 Å². The number of carbonyl (C=O) groups excluding carboxylic acids is 1. The summed E-state index contributed by atoms with van der Waals surface area (Å²) in [5, 5.41) is 3.26. The quantitative estimate of drug-likeness (QED) is 0.659. The molecule has 0 saturated carbocycles. The average molecular weight is 256 g/mol. The van der Waals surface area contributed by atoms with Crippen LogP contribution in [0.15, 0.2) is 48.8 Å². The molecule has 0 aliphatic carbocycles. The van der Waals surface area contributed by atoms with Crippen molar-refractivity contribution in [3.63, 3.8) is 0 Å². The number of aromatic nitrogens is 1. The van der Waals surface area contributed by atoms with Crippen molar-refractivity contribution in [1.82, 2.24) is 4.98 Å². The van der Waals surface area contributed by atoms with Gasteiger partial charge in [0.05, 0.1) is 5.56 Å². The van der Waals surface area contributed by atoms with Crippen LogP contribution in [-0.4, -0.2) is 17.5 Å². The SMILES string of the molecule is CCCNc1ccc(OC(=O)c2ccncc2)cc1. The maximum absolute atomic E-state index is 11.8. The van der Waals surface area contributed by atoms with Crippen molar-refractivity contribution >= 4 is 11.7 Å². The molecule has 19 heavy (non-hydrogen) atoms. The van der Waals surface area contributed by atoms with Crippen LogP contribution in [0.4, 0.5) is 5.69 Å². The molecule has 1 heterocycles. The standard InChI is InChI=1S/C15H16N2O2/c1-2-9-17-13-3-5-14(6-4-13)19-15(18)12-7-10-16-11-8-12/h3-8,10-11,17H,2,9H2,1H3. The van der Waals surface area contributed by atoms with Gasteiger partial charge in [-0.1, -0.05) is 6.92 Å². The number of anilines is 1. The summed E-state index contributed by atoms with van der Waals surface area (Å²) >= 11 is 0. The number of esters is 1. The van der Waals surface area contributed by atoms with Crippen LogP contribution in [-0.2, 0) is 0 Å². The van der Waals surface area contributed by atoms with Crippen LogP contribution >= 0.6 is 0 Å².